The van der Waals surface area contributed by atoms with Crippen LogP contribution < -0.4 is 5.32 Å². The Morgan fingerprint density at radius 3 is 2.62 bits per heavy atom. The Kier molecular flexibility index (Phi) is 4.66. The minimum absolute atomic E-state index is 0.0271. The number of hydrogen-bond acceptors (Lipinski definition) is 2. The monoisotopic (exact) mass is 312 g/mol. The van der Waals surface area contributed by atoms with Crippen molar-refractivity contribution < 1.29 is 9.59 Å². The first-order valence-corrected chi connectivity index (χ1v) is 8.17. The summed E-state index contributed by atoms with van der Waals surface area (Å²) in [5.41, 5.74) is 1.64. The van der Waals surface area contributed by atoms with Gasteiger partial charge >= 0.3 is 0 Å². The fourth-order valence-corrected chi connectivity index (χ4v) is 3.22. The molecular formula is C16H25ClN2O2. The van der Waals surface area contributed by atoms with E-state index in [9.17, 15) is 9.59 Å². The number of halogens is 1. The van der Waals surface area contributed by atoms with Gasteiger partial charge in [0.05, 0.1) is 0 Å². The summed E-state index contributed by atoms with van der Waals surface area (Å²) in [4.78, 5) is 27.3. The molecule has 5 heteroatoms. The van der Waals surface area contributed by atoms with Crippen LogP contribution in [0.1, 0.15) is 47.0 Å². The van der Waals surface area contributed by atoms with Gasteiger partial charge in [-0.1, -0.05) is 31.9 Å². The van der Waals surface area contributed by atoms with Crippen molar-refractivity contribution in [3.63, 3.8) is 0 Å². The van der Waals surface area contributed by atoms with Gasteiger partial charge in [0.25, 0.3) is 0 Å². The minimum Gasteiger partial charge on any atom is -0.340 e. The van der Waals surface area contributed by atoms with Gasteiger partial charge in [-0.2, -0.15) is 0 Å². The van der Waals surface area contributed by atoms with Gasteiger partial charge in [0, 0.05) is 12.1 Å². The van der Waals surface area contributed by atoms with Crippen LogP contribution in [0.3, 0.4) is 0 Å². The number of carbonyl (C=O) groups excluding carboxylic acids is 2. The molecule has 21 heavy (non-hydrogen) atoms. The molecule has 1 saturated carbocycles. The van der Waals surface area contributed by atoms with E-state index < -0.39 is 11.6 Å². The van der Waals surface area contributed by atoms with Gasteiger partial charge in [-0.15, -0.1) is 0 Å². The predicted molar refractivity (Wildman–Crippen MR) is 83.8 cm³/mol. The second-order valence-corrected chi connectivity index (χ2v) is 6.90. The Morgan fingerprint density at radius 1 is 1.52 bits per heavy atom. The Bertz CT molecular complexity index is 473. The number of carbonyl (C=O) groups is 2. The summed E-state index contributed by atoms with van der Waals surface area (Å²) in [5, 5.41) is 3.01. The summed E-state index contributed by atoms with van der Waals surface area (Å²) in [5.74, 6) is 0.406. The van der Waals surface area contributed by atoms with Gasteiger partial charge in [-0.05, 0) is 44.1 Å². The maximum atomic E-state index is 13.0. The lowest BCUT2D eigenvalue weighted by Gasteiger charge is -2.46. The SMILES string of the molecule is CCC(C)C1C(=O)NC(C)(C2CC2)C(=O)N1CC(C)=CCl. The largest absolute Gasteiger partial charge is 0.340 e. The summed E-state index contributed by atoms with van der Waals surface area (Å²) < 4.78 is 0. The van der Waals surface area contributed by atoms with Crippen LogP contribution in [-0.2, 0) is 9.59 Å². The average molecular weight is 313 g/mol. The molecule has 3 unspecified atom stereocenters. The molecule has 2 aliphatic rings. The molecule has 0 spiro atoms. The standard InChI is InChI=1S/C16H25ClN2O2/c1-5-11(3)13-14(20)18-16(4,12-6-7-12)15(21)19(13)9-10(2)8-17/h8,11-13H,5-7,9H2,1-4H3,(H,18,20). The fraction of sp³-hybridized carbons (Fsp3) is 0.750. The van der Waals surface area contributed by atoms with Crippen molar-refractivity contribution in [3.05, 3.63) is 11.1 Å². The molecule has 0 aromatic carbocycles. The molecule has 0 bridgehead atoms. The Hall–Kier alpha value is -1.03. The van der Waals surface area contributed by atoms with E-state index in [0.29, 0.717) is 6.54 Å². The van der Waals surface area contributed by atoms with Gasteiger partial charge in [0.1, 0.15) is 11.6 Å². The van der Waals surface area contributed by atoms with E-state index in [1.165, 1.54) is 5.54 Å². The van der Waals surface area contributed by atoms with Crippen LogP contribution in [0, 0.1) is 11.8 Å². The van der Waals surface area contributed by atoms with Crippen LogP contribution in [0.5, 0.6) is 0 Å². The molecule has 0 radical (unpaired) electrons. The number of nitrogens with one attached hydrogen (secondary N) is 1. The summed E-state index contributed by atoms with van der Waals surface area (Å²) in [6.45, 7) is 8.23. The van der Waals surface area contributed by atoms with Gasteiger partial charge in [0.2, 0.25) is 11.8 Å². The van der Waals surface area contributed by atoms with Crippen molar-refractivity contribution in [1.82, 2.24) is 10.2 Å². The van der Waals surface area contributed by atoms with Gasteiger partial charge in [0.15, 0.2) is 0 Å². The molecule has 1 aliphatic carbocycles. The maximum Gasteiger partial charge on any atom is 0.249 e. The van der Waals surface area contributed by atoms with E-state index in [2.05, 4.69) is 5.32 Å². The summed E-state index contributed by atoms with van der Waals surface area (Å²) >= 11 is 5.76. The molecule has 2 amide bonds. The van der Waals surface area contributed by atoms with Gasteiger partial charge in [-0.25, -0.2) is 0 Å². The lowest BCUT2D eigenvalue weighted by atomic mass is 9.85. The third kappa shape index (κ3) is 2.96. The highest BCUT2D eigenvalue weighted by Gasteiger charge is 2.55. The van der Waals surface area contributed by atoms with Crippen LogP contribution in [-0.4, -0.2) is 34.8 Å². The highest BCUT2D eigenvalue weighted by molar-refractivity contribution is 6.25. The van der Waals surface area contributed by atoms with Crippen LogP contribution >= 0.6 is 11.6 Å². The average Bonchev–Trinajstić information content (AvgIpc) is 3.28. The van der Waals surface area contributed by atoms with Gasteiger partial charge < -0.3 is 10.2 Å². The second kappa shape index (κ2) is 5.99. The number of nitrogens with zero attached hydrogens (tertiary/aromatic N) is 1. The second-order valence-electron chi connectivity index (χ2n) is 6.68. The molecule has 2 fully saturated rings. The number of rotatable bonds is 5. The van der Waals surface area contributed by atoms with E-state index in [1.807, 2.05) is 27.7 Å². The Morgan fingerprint density at radius 2 is 2.14 bits per heavy atom. The van der Waals surface area contributed by atoms with E-state index >= 15 is 0 Å². The number of piperazine rings is 1. The molecule has 3 atom stereocenters. The minimum atomic E-state index is -0.742. The topological polar surface area (TPSA) is 49.4 Å². The van der Waals surface area contributed by atoms with Crippen molar-refractivity contribution in [3.8, 4) is 0 Å². The van der Waals surface area contributed by atoms with Crippen LogP contribution in [0.15, 0.2) is 11.1 Å². The lowest BCUT2D eigenvalue weighted by molar-refractivity contribution is -0.156. The highest BCUT2D eigenvalue weighted by Crippen LogP contribution is 2.43. The third-order valence-corrected chi connectivity index (χ3v) is 5.25. The summed E-state index contributed by atoms with van der Waals surface area (Å²) in [7, 11) is 0. The predicted octanol–water partition coefficient (Wildman–Crippen LogP) is 2.67. The molecule has 1 aliphatic heterocycles. The van der Waals surface area contributed by atoms with Crippen molar-refractivity contribution in [1.29, 1.82) is 0 Å². The molecular weight excluding hydrogens is 288 g/mol. The summed E-state index contributed by atoms with van der Waals surface area (Å²) in [6.07, 6.45) is 2.87. The smallest absolute Gasteiger partial charge is 0.249 e. The molecule has 4 nitrogen and oxygen atoms in total. The van der Waals surface area contributed by atoms with E-state index in [4.69, 9.17) is 11.6 Å². The molecule has 0 aromatic rings. The van der Waals surface area contributed by atoms with Gasteiger partial charge in [-0.3, -0.25) is 9.59 Å². The van der Waals surface area contributed by atoms with Crippen LogP contribution in [0.2, 0.25) is 0 Å². The lowest BCUT2D eigenvalue weighted by Crippen LogP contribution is -2.71. The van der Waals surface area contributed by atoms with Crippen LogP contribution in [0.25, 0.3) is 0 Å². The first-order chi connectivity index (χ1) is 9.85. The fourth-order valence-electron chi connectivity index (χ4n) is 3.15. The Balaban J connectivity index is 2.34. The molecule has 1 N–H and O–H groups in total. The first kappa shape index (κ1) is 16.3. The zero-order chi connectivity index (χ0) is 15.8. The van der Waals surface area contributed by atoms with E-state index in [-0.39, 0.29) is 23.7 Å². The molecule has 118 valence electrons. The van der Waals surface area contributed by atoms with Crippen molar-refractivity contribution in [2.45, 2.75) is 58.5 Å². The summed E-state index contributed by atoms with van der Waals surface area (Å²) in [6, 6.07) is -0.402. The Labute approximate surface area is 131 Å². The highest BCUT2D eigenvalue weighted by atomic mass is 35.5. The van der Waals surface area contributed by atoms with Crippen molar-refractivity contribution in [2.75, 3.05) is 6.54 Å². The normalized spacial score (nSPS) is 32.1. The zero-order valence-corrected chi connectivity index (χ0v) is 14.0. The molecule has 2 rings (SSSR count). The molecule has 1 heterocycles. The van der Waals surface area contributed by atoms with Crippen molar-refractivity contribution >= 4 is 23.4 Å². The maximum absolute atomic E-state index is 13.0. The first-order valence-electron chi connectivity index (χ1n) is 7.74. The van der Waals surface area contributed by atoms with E-state index in [1.54, 1.807) is 4.90 Å². The van der Waals surface area contributed by atoms with E-state index in [0.717, 1.165) is 24.8 Å². The third-order valence-electron chi connectivity index (χ3n) is 4.88. The van der Waals surface area contributed by atoms with Crippen molar-refractivity contribution in [2.24, 2.45) is 11.8 Å². The zero-order valence-electron chi connectivity index (χ0n) is 13.3. The number of amides is 2. The quantitative estimate of drug-likeness (QED) is 0.848. The molecule has 0 aromatic heterocycles. The molecule has 1 saturated heterocycles. The van der Waals surface area contributed by atoms with Crippen LogP contribution in [0.4, 0.5) is 0 Å². The number of hydrogen-bond donors (Lipinski definition) is 1.